The van der Waals surface area contributed by atoms with E-state index in [1.54, 1.807) is 13.0 Å². The Kier molecular flexibility index (Phi) is 6.93. The van der Waals surface area contributed by atoms with Crippen molar-refractivity contribution in [3.05, 3.63) is 40.8 Å². The third kappa shape index (κ3) is 5.87. The van der Waals surface area contributed by atoms with Gasteiger partial charge in [-0.05, 0) is 70.6 Å². The van der Waals surface area contributed by atoms with Crippen LogP contribution >= 0.6 is 11.3 Å². The number of anilines is 2. The molecule has 1 amide bonds. The molecule has 2 heterocycles. The summed E-state index contributed by atoms with van der Waals surface area (Å²) in [6.07, 6.45) is 3.85. The van der Waals surface area contributed by atoms with Gasteiger partial charge in [0.1, 0.15) is 34.1 Å². The van der Waals surface area contributed by atoms with Crippen molar-refractivity contribution in [1.29, 1.82) is 0 Å². The van der Waals surface area contributed by atoms with Gasteiger partial charge in [0.2, 0.25) is 0 Å². The van der Waals surface area contributed by atoms with Crippen LogP contribution in [0.5, 0.6) is 5.75 Å². The summed E-state index contributed by atoms with van der Waals surface area (Å²) >= 11 is 1.20. The van der Waals surface area contributed by atoms with Crippen LogP contribution in [0.25, 0.3) is 10.2 Å². The number of rotatable bonds is 7. The number of fused-ring (bicyclic) bond motifs is 1. The molecule has 2 atom stereocenters. The number of benzene rings is 1. The number of primary amides is 1. The Labute approximate surface area is 207 Å². The third-order valence-electron chi connectivity index (χ3n) is 5.81. The highest BCUT2D eigenvalue weighted by molar-refractivity contribution is 7.20. The van der Waals surface area contributed by atoms with Crippen LogP contribution in [-0.4, -0.2) is 33.5 Å². The van der Waals surface area contributed by atoms with Crippen LogP contribution in [0.4, 0.5) is 15.9 Å². The number of thiophene rings is 1. The lowest BCUT2D eigenvalue weighted by Crippen LogP contribution is -2.25. The number of nitrogens with zero attached hydrogens (tertiary/aromatic N) is 2. The van der Waals surface area contributed by atoms with Gasteiger partial charge in [-0.1, -0.05) is 0 Å². The molecule has 4 rings (SSSR count). The van der Waals surface area contributed by atoms with Crippen LogP contribution < -0.4 is 15.8 Å². The van der Waals surface area contributed by atoms with E-state index in [2.05, 4.69) is 15.3 Å². The molecule has 1 aliphatic carbocycles. The van der Waals surface area contributed by atoms with E-state index in [4.69, 9.17) is 15.2 Å². The molecule has 0 spiro atoms. The second-order valence-corrected chi connectivity index (χ2v) is 10.8. The number of hydrogen-bond acceptors (Lipinski definition) is 8. The molecular formula is C25H29FN4O4S. The maximum absolute atomic E-state index is 14.1. The van der Waals surface area contributed by atoms with Crippen LogP contribution in [0.2, 0.25) is 0 Å². The molecule has 0 bridgehead atoms. The molecule has 8 nitrogen and oxygen atoms in total. The number of aryl methyl sites for hydroxylation is 1. The van der Waals surface area contributed by atoms with E-state index in [9.17, 15) is 14.0 Å². The highest BCUT2D eigenvalue weighted by atomic mass is 32.1. The normalized spacial score (nSPS) is 18.0. The van der Waals surface area contributed by atoms with Gasteiger partial charge >= 0.3 is 5.97 Å². The number of halogens is 1. The molecule has 1 saturated carbocycles. The first kappa shape index (κ1) is 24.8. The van der Waals surface area contributed by atoms with E-state index in [0.29, 0.717) is 50.8 Å². The van der Waals surface area contributed by atoms with Crippen LogP contribution in [0, 0.1) is 18.7 Å². The fourth-order valence-electron chi connectivity index (χ4n) is 4.35. The minimum absolute atomic E-state index is 0.153. The first-order valence-electron chi connectivity index (χ1n) is 11.5. The molecule has 1 aromatic carbocycles. The molecule has 2 aromatic heterocycles. The van der Waals surface area contributed by atoms with E-state index in [0.717, 1.165) is 12.8 Å². The van der Waals surface area contributed by atoms with E-state index in [1.165, 1.54) is 29.8 Å². The molecule has 0 saturated heterocycles. The lowest BCUT2D eigenvalue weighted by atomic mass is 10.0. The molecule has 10 heteroatoms. The lowest BCUT2D eigenvalue weighted by molar-refractivity contribution is -0.155. The van der Waals surface area contributed by atoms with Gasteiger partial charge < -0.3 is 20.5 Å². The first-order chi connectivity index (χ1) is 16.5. The Morgan fingerprint density at radius 2 is 2.03 bits per heavy atom. The number of carbonyl (C=O) groups excluding carboxylic acids is 2. The van der Waals surface area contributed by atoms with Crippen molar-refractivity contribution in [3.8, 4) is 5.75 Å². The highest BCUT2D eigenvalue weighted by Crippen LogP contribution is 2.38. The zero-order chi connectivity index (χ0) is 25.3. The SMILES string of the molecule is Cc1c(C(N)=O)sc2ncnc(Nc3ccc(F)cc3O[C@H]3CC[C@H](CC(=O)OC(C)(C)C)C3)c12. The largest absolute Gasteiger partial charge is 0.488 e. The van der Waals surface area contributed by atoms with Gasteiger partial charge in [-0.25, -0.2) is 14.4 Å². The van der Waals surface area contributed by atoms with Gasteiger partial charge in [-0.2, -0.15) is 0 Å². The van der Waals surface area contributed by atoms with Crippen LogP contribution in [0.3, 0.4) is 0 Å². The molecule has 0 unspecified atom stereocenters. The first-order valence-corrected chi connectivity index (χ1v) is 12.3. The van der Waals surface area contributed by atoms with Crippen molar-refractivity contribution < 1.29 is 23.5 Å². The Balaban J connectivity index is 1.51. The lowest BCUT2D eigenvalue weighted by Gasteiger charge is -2.21. The Bertz CT molecular complexity index is 1270. The predicted octanol–water partition coefficient (Wildman–Crippen LogP) is 5.26. The smallest absolute Gasteiger partial charge is 0.306 e. The molecule has 35 heavy (non-hydrogen) atoms. The number of aromatic nitrogens is 2. The minimum Gasteiger partial charge on any atom is -0.488 e. The number of amides is 1. The molecule has 1 aliphatic rings. The van der Waals surface area contributed by atoms with Gasteiger partial charge in [0.05, 0.1) is 22.1 Å². The summed E-state index contributed by atoms with van der Waals surface area (Å²) in [4.78, 5) is 33.6. The van der Waals surface area contributed by atoms with Gasteiger partial charge in [-0.15, -0.1) is 11.3 Å². The van der Waals surface area contributed by atoms with Gasteiger partial charge in [0.15, 0.2) is 0 Å². The quantitative estimate of drug-likeness (QED) is 0.425. The molecule has 3 N–H and O–H groups in total. The van der Waals surface area contributed by atoms with Gasteiger partial charge in [0, 0.05) is 12.5 Å². The summed E-state index contributed by atoms with van der Waals surface area (Å²) in [7, 11) is 0. The van der Waals surface area contributed by atoms with Crippen molar-refractivity contribution in [2.45, 2.75) is 65.1 Å². The predicted molar refractivity (Wildman–Crippen MR) is 133 cm³/mol. The summed E-state index contributed by atoms with van der Waals surface area (Å²) < 4.78 is 25.8. The van der Waals surface area contributed by atoms with Crippen molar-refractivity contribution in [3.63, 3.8) is 0 Å². The minimum atomic E-state index is -0.524. The molecule has 1 fully saturated rings. The number of nitrogens with one attached hydrogen (secondary N) is 1. The summed E-state index contributed by atoms with van der Waals surface area (Å²) in [5.41, 5.74) is 6.20. The van der Waals surface area contributed by atoms with Crippen molar-refractivity contribution in [2.75, 3.05) is 5.32 Å². The maximum Gasteiger partial charge on any atom is 0.306 e. The standard InChI is InChI=1S/C25H29FN4O4S/c1-13-20-23(28-12-29-24(20)35-21(13)22(27)32)30-17-8-6-15(26)11-18(17)33-16-7-5-14(9-16)10-19(31)34-25(2,3)4/h6,8,11-12,14,16H,5,7,9-10H2,1-4H3,(H2,27,32)(H,28,29,30)/t14-,16-/m0/s1. The summed E-state index contributed by atoms with van der Waals surface area (Å²) in [6.45, 7) is 7.34. The van der Waals surface area contributed by atoms with Crippen LogP contribution in [0.1, 0.15) is 61.7 Å². The van der Waals surface area contributed by atoms with E-state index in [-0.39, 0.29) is 18.0 Å². The Morgan fingerprint density at radius 3 is 2.74 bits per heavy atom. The fraction of sp³-hybridized carbons (Fsp3) is 0.440. The molecule has 186 valence electrons. The Morgan fingerprint density at radius 1 is 1.26 bits per heavy atom. The van der Waals surface area contributed by atoms with Crippen molar-refractivity contribution >= 4 is 44.9 Å². The molecule has 0 aliphatic heterocycles. The zero-order valence-corrected chi connectivity index (χ0v) is 21.0. The monoisotopic (exact) mass is 500 g/mol. The van der Waals surface area contributed by atoms with Gasteiger partial charge in [-0.3, -0.25) is 9.59 Å². The second kappa shape index (κ2) is 9.77. The van der Waals surface area contributed by atoms with Crippen LogP contribution in [-0.2, 0) is 9.53 Å². The second-order valence-electron chi connectivity index (χ2n) is 9.80. The topological polar surface area (TPSA) is 116 Å². The number of nitrogens with two attached hydrogens (primary N) is 1. The maximum atomic E-state index is 14.1. The average Bonchev–Trinajstić information content (AvgIpc) is 3.33. The third-order valence-corrected chi connectivity index (χ3v) is 7.02. The van der Waals surface area contributed by atoms with E-state index in [1.807, 2.05) is 20.8 Å². The van der Waals surface area contributed by atoms with E-state index >= 15 is 0 Å². The summed E-state index contributed by atoms with van der Waals surface area (Å²) in [5, 5.41) is 3.90. The Hall–Kier alpha value is -3.27. The summed E-state index contributed by atoms with van der Waals surface area (Å²) in [5.74, 6) is -0.189. The van der Waals surface area contributed by atoms with Crippen molar-refractivity contribution in [1.82, 2.24) is 9.97 Å². The number of esters is 1. The number of hydrogen-bond donors (Lipinski definition) is 2. The molecule has 3 aromatic rings. The number of carbonyl (C=O) groups is 2. The van der Waals surface area contributed by atoms with Gasteiger partial charge in [0.25, 0.3) is 5.91 Å². The highest BCUT2D eigenvalue weighted by Gasteiger charge is 2.30. The van der Waals surface area contributed by atoms with Crippen LogP contribution in [0.15, 0.2) is 24.5 Å². The average molecular weight is 501 g/mol. The molecule has 0 radical (unpaired) electrons. The zero-order valence-electron chi connectivity index (χ0n) is 20.2. The fourth-order valence-corrected chi connectivity index (χ4v) is 5.35. The molecular weight excluding hydrogens is 471 g/mol. The van der Waals surface area contributed by atoms with E-state index < -0.39 is 17.3 Å². The van der Waals surface area contributed by atoms with Crippen molar-refractivity contribution in [2.24, 2.45) is 11.7 Å². The summed E-state index contributed by atoms with van der Waals surface area (Å²) in [6, 6.07) is 4.25. The number of ether oxygens (including phenoxy) is 2.